The van der Waals surface area contributed by atoms with Crippen molar-refractivity contribution in [2.45, 2.75) is 121 Å². The second-order valence-corrected chi connectivity index (χ2v) is 27.0. The maximum atomic E-state index is 14.7. The molecule has 5 aliphatic heterocycles. The predicted octanol–water partition coefficient (Wildman–Crippen LogP) is 11.1. The Morgan fingerprint density at radius 3 is 1.99 bits per heavy atom. The Kier molecular flexibility index (Phi) is 15.8. The lowest BCUT2D eigenvalue weighted by molar-refractivity contribution is 0.0528. The molecule has 402 valence electrons. The van der Waals surface area contributed by atoms with Crippen LogP contribution in [0.15, 0.2) is 80.0 Å². The molecule has 4 amide bonds. The number of anilines is 2. The lowest BCUT2D eigenvalue weighted by atomic mass is 9.90. The molecule has 3 aromatic rings. The molecule has 0 bridgehead atoms. The van der Waals surface area contributed by atoms with Gasteiger partial charge >= 0.3 is 12.2 Å². The summed E-state index contributed by atoms with van der Waals surface area (Å²) in [5, 5.41) is -0.182. The van der Waals surface area contributed by atoms with Gasteiger partial charge in [-0.05, 0) is 116 Å². The van der Waals surface area contributed by atoms with E-state index in [1.165, 1.54) is 41.7 Å². The molecule has 3 atom stereocenters. The highest BCUT2D eigenvalue weighted by Crippen LogP contribution is 2.58. The molecule has 3 fully saturated rings. The van der Waals surface area contributed by atoms with Gasteiger partial charge in [-0.3, -0.25) is 14.5 Å². The van der Waals surface area contributed by atoms with Crippen molar-refractivity contribution in [3.63, 3.8) is 0 Å². The Morgan fingerprint density at radius 1 is 0.800 bits per heavy atom. The van der Waals surface area contributed by atoms with Crippen LogP contribution in [0.2, 0.25) is 18.1 Å². The SMILES string of the molecule is C=CCOC(=O)N1C[C@@H]2CC(c3ccc(C4CCOCC4)cc3)=CN2C(=O)c2cc(OC)c(OCCCCCOc3cc4c(cc3OC)C(=O)N3CC5(CC5)C[C@H]3C(O[Si](C)(C)C(C)(C)C)N4C(=O)OCC=C)cc21. The largest absolute Gasteiger partial charge is 0.493 e. The molecule has 16 nitrogen and oxygen atoms in total. The van der Waals surface area contributed by atoms with Crippen LogP contribution in [0.5, 0.6) is 23.0 Å². The Hall–Kier alpha value is -6.30. The van der Waals surface area contributed by atoms with Crippen molar-refractivity contribution in [2.75, 3.05) is 76.8 Å². The molecule has 1 unspecified atom stereocenters. The van der Waals surface area contributed by atoms with Crippen LogP contribution in [0.3, 0.4) is 0 Å². The quantitative estimate of drug-likeness (QED) is 0.0676. The van der Waals surface area contributed by atoms with Gasteiger partial charge in [-0.25, -0.2) is 14.5 Å². The van der Waals surface area contributed by atoms with Crippen LogP contribution in [-0.4, -0.2) is 127 Å². The first-order chi connectivity index (χ1) is 36.0. The van der Waals surface area contributed by atoms with Crippen LogP contribution in [0.25, 0.3) is 5.57 Å². The first kappa shape index (κ1) is 53.5. The number of hydrogen-bond donors (Lipinski definition) is 0. The summed E-state index contributed by atoms with van der Waals surface area (Å²) in [5.74, 6) is 1.53. The average molecular weight is 1050 g/mol. The van der Waals surface area contributed by atoms with E-state index in [4.69, 9.17) is 37.6 Å². The highest BCUT2D eigenvalue weighted by Gasteiger charge is 2.60. The molecule has 6 aliphatic rings. The molecule has 1 aliphatic carbocycles. The lowest BCUT2D eigenvalue weighted by Gasteiger charge is -2.44. The number of unbranched alkanes of at least 4 members (excludes halogenated alkanes) is 2. The standard InChI is InChI=1S/C58H74N4O12Si/c1-10-23-72-55(65)60-36-42-29-41(39-17-15-38(16-18-39)40-19-27-69-28-20-40)35-59(42)52(63)43-30-48(67-6)50(32-45(43)60)70-25-13-12-14-26-71-51-33-46-44(31-49(51)68-7)53(64)61-37-58(21-22-58)34-47(61)54(62(46)56(66)73-24-11-2)74-75(8,9)57(3,4)5/h10-11,15-18,30-33,35,40,42,47,54H,1-2,12-14,19-29,34,36-37H2,3-9H3/t42-,47-,54?/m0/s1. The molecule has 0 N–H and O–H groups in total. The molecule has 2 saturated heterocycles. The van der Waals surface area contributed by atoms with Crippen LogP contribution < -0.4 is 28.7 Å². The number of hydrogen-bond acceptors (Lipinski definition) is 12. The zero-order valence-corrected chi connectivity index (χ0v) is 45.8. The van der Waals surface area contributed by atoms with Crippen molar-refractivity contribution in [3.05, 3.63) is 102 Å². The van der Waals surface area contributed by atoms with E-state index < -0.39 is 26.7 Å². The summed E-state index contributed by atoms with van der Waals surface area (Å²) in [5.41, 5.74) is 4.70. The Morgan fingerprint density at radius 2 is 1.40 bits per heavy atom. The molecule has 5 heterocycles. The third-order valence-electron chi connectivity index (χ3n) is 16.3. The molecule has 0 aromatic heterocycles. The highest BCUT2D eigenvalue weighted by atomic mass is 28.4. The number of rotatable bonds is 18. The number of carbonyl (C=O) groups excluding carboxylic acids is 4. The van der Waals surface area contributed by atoms with E-state index in [1.807, 2.05) is 11.1 Å². The lowest BCUT2D eigenvalue weighted by Crippen LogP contribution is -2.58. The minimum Gasteiger partial charge on any atom is -0.493 e. The molecule has 17 heteroatoms. The molecular weight excluding hydrogens is 973 g/mol. The van der Waals surface area contributed by atoms with Crippen LogP contribution in [0.1, 0.15) is 116 Å². The highest BCUT2D eigenvalue weighted by molar-refractivity contribution is 6.74. The number of nitrogens with zero attached hydrogens (tertiary/aromatic N) is 4. The fourth-order valence-corrected chi connectivity index (χ4v) is 12.0. The minimum atomic E-state index is -2.53. The maximum absolute atomic E-state index is 14.7. The third kappa shape index (κ3) is 11.0. The fourth-order valence-electron chi connectivity index (χ4n) is 10.8. The topological polar surface area (TPSA) is 155 Å². The van der Waals surface area contributed by atoms with E-state index in [9.17, 15) is 19.2 Å². The maximum Gasteiger partial charge on any atom is 0.416 e. The number of methoxy groups -OCH3 is 2. The zero-order chi connectivity index (χ0) is 53.2. The average Bonchev–Trinajstić information content (AvgIpc) is 3.95. The molecule has 3 aromatic carbocycles. The molecule has 9 rings (SSSR count). The van der Waals surface area contributed by atoms with Crippen LogP contribution in [0, 0.1) is 5.41 Å². The summed E-state index contributed by atoms with van der Waals surface area (Å²) in [6.45, 7) is 21.2. The number of amides is 4. The van der Waals surface area contributed by atoms with E-state index in [0.717, 1.165) is 56.5 Å². The third-order valence-corrected chi connectivity index (χ3v) is 20.7. The summed E-state index contributed by atoms with van der Waals surface area (Å²) >= 11 is 0. The predicted molar refractivity (Wildman–Crippen MR) is 289 cm³/mol. The van der Waals surface area contributed by atoms with E-state index in [1.54, 1.807) is 29.2 Å². The molecule has 1 saturated carbocycles. The number of ether oxygens (including phenoxy) is 7. The second kappa shape index (κ2) is 22.1. The van der Waals surface area contributed by atoms with Gasteiger partial charge in [0.05, 0.1) is 68.6 Å². The van der Waals surface area contributed by atoms with Crippen molar-refractivity contribution in [1.82, 2.24) is 9.80 Å². The van der Waals surface area contributed by atoms with E-state index in [0.29, 0.717) is 96.9 Å². The van der Waals surface area contributed by atoms with Crippen LogP contribution in [0.4, 0.5) is 21.0 Å². The fraction of sp³-hybridized carbons (Fsp3) is 0.517. The summed E-state index contributed by atoms with van der Waals surface area (Å²) in [6, 6.07) is 14.6. The van der Waals surface area contributed by atoms with Crippen molar-refractivity contribution >= 4 is 49.3 Å². The van der Waals surface area contributed by atoms with Gasteiger partial charge in [-0.2, -0.15) is 0 Å². The normalized spacial score (nSPS) is 21.0. The number of fused-ring (bicyclic) bond motifs is 4. The molecule has 1 spiro atoms. The van der Waals surface area contributed by atoms with Gasteiger partial charge in [0.1, 0.15) is 13.2 Å². The summed E-state index contributed by atoms with van der Waals surface area (Å²) in [4.78, 5) is 63.9. The van der Waals surface area contributed by atoms with Gasteiger partial charge in [-0.15, -0.1) is 0 Å². The van der Waals surface area contributed by atoms with Gasteiger partial charge < -0.3 is 47.4 Å². The smallest absolute Gasteiger partial charge is 0.416 e. The van der Waals surface area contributed by atoms with Crippen LogP contribution >= 0.6 is 0 Å². The summed E-state index contributed by atoms with van der Waals surface area (Å²) in [7, 11) is 0.528. The van der Waals surface area contributed by atoms with Crippen molar-refractivity contribution < 1.29 is 56.8 Å². The van der Waals surface area contributed by atoms with Crippen molar-refractivity contribution in [1.29, 1.82) is 0 Å². The first-order valence-electron chi connectivity index (χ1n) is 26.5. The van der Waals surface area contributed by atoms with E-state index in [-0.39, 0.29) is 54.1 Å². The minimum absolute atomic E-state index is 0.00776. The summed E-state index contributed by atoms with van der Waals surface area (Å²) < 4.78 is 48.5. The van der Waals surface area contributed by atoms with Crippen LogP contribution in [-0.2, 0) is 18.6 Å². The van der Waals surface area contributed by atoms with Gasteiger partial charge in [0.15, 0.2) is 37.5 Å². The van der Waals surface area contributed by atoms with Gasteiger partial charge in [0, 0.05) is 38.1 Å². The van der Waals surface area contributed by atoms with Crippen molar-refractivity contribution in [3.8, 4) is 23.0 Å². The Labute approximate surface area is 442 Å². The van der Waals surface area contributed by atoms with Gasteiger partial charge in [0.25, 0.3) is 11.8 Å². The Bertz CT molecular complexity index is 2690. The first-order valence-corrected chi connectivity index (χ1v) is 29.4. The summed E-state index contributed by atoms with van der Waals surface area (Å²) in [6.07, 6.45) is 10.3. The molecule has 0 radical (unpaired) electrons. The second-order valence-electron chi connectivity index (χ2n) is 22.2. The van der Waals surface area contributed by atoms with E-state index >= 15 is 0 Å². The molecular formula is C58H74N4O12Si. The monoisotopic (exact) mass is 1050 g/mol. The van der Waals surface area contributed by atoms with Crippen molar-refractivity contribution in [2.24, 2.45) is 5.41 Å². The van der Waals surface area contributed by atoms with E-state index in [2.05, 4.69) is 71.3 Å². The number of carbonyl (C=O) groups is 4. The number of benzene rings is 3. The van der Waals surface area contributed by atoms with Gasteiger partial charge in [0.2, 0.25) is 0 Å². The Balaban J connectivity index is 0.888. The zero-order valence-electron chi connectivity index (χ0n) is 44.8. The molecule has 75 heavy (non-hydrogen) atoms. The van der Waals surface area contributed by atoms with Gasteiger partial charge in [-0.1, -0.05) is 70.3 Å².